The highest BCUT2D eigenvalue weighted by Gasteiger charge is 2.15. The number of hydrogen-bond acceptors (Lipinski definition) is 4. The number of fused-ring (bicyclic) bond motifs is 1. The number of hydrogen-bond donors (Lipinski definition) is 0. The second kappa shape index (κ2) is 6.06. The van der Waals surface area contributed by atoms with Crippen LogP contribution in [0, 0.1) is 0 Å². The summed E-state index contributed by atoms with van der Waals surface area (Å²) in [5.74, 6) is 0.610. The molecule has 22 heavy (non-hydrogen) atoms. The van der Waals surface area contributed by atoms with E-state index in [1.165, 1.54) is 0 Å². The van der Waals surface area contributed by atoms with Crippen molar-refractivity contribution in [3.63, 3.8) is 0 Å². The molecule has 0 spiro atoms. The summed E-state index contributed by atoms with van der Waals surface area (Å²) in [6, 6.07) is 5.11. The lowest BCUT2D eigenvalue weighted by Crippen LogP contribution is -2.22. The largest absolute Gasteiger partial charge is 0.444 e. The minimum Gasteiger partial charge on any atom is -0.444 e. The highest BCUT2D eigenvalue weighted by atomic mass is 28.3. The quantitative estimate of drug-likeness (QED) is 0.509. The van der Waals surface area contributed by atoms with Gasteiger partial charge in [-0.2, -0.15) is 0 Å². The topological polar surface area (TPSA) is 53.1 Å². The zero-order chi connectivity index (χ0) is 15.6. The van der Waals surface area contributed by atoms with Crippen LogP contribution in [0.5, 0.6) is 0 Å². The minimum atomic E-state index is -1.06. The molecule has 3 heterocycles. The van der Waals surface area contributed by atoms with E-state index in [2.05, 4.69) is 29.6 Å². The monoisotopic (exact) mass is 315 g/mol. The van der Waals surface area contributed by atoms with Gasteiger partial charge in [0.2, 0.25) is 5.89 Å². The maximum absolute atomic E-state index is 5.84. The molecule has 0 unspecified atom stereocenters. The molecule has 6 heteroatoms. The fourth-order valence-corrected chi connectivity index (χ4v) is 3.05. The number of ether oxygens (including phenoxy) is 1. The first-order valence-electron chi connectivity index (χ1n) is 7.46. The first kappa shape index (κ1) is 15.0. The predicted octanol–water partition coefficient (Wildman–Crippen LogP) is 4.00. The van der Waals surface area contributed by atoms with E-state index in [0.717, 1.165) is 29.2 Å². The Morgan fingerprint density at radius 2 is 2.09 bits per heavy atom. The Kier molecular flexibility index (Phi) is 4.13. The lowest BCUT2D eigenvalue weighted by Gasteiger charge is -2.15. The minimum absolute atomic E-state index is 0.499. The predicted molar refractivity (Wildman–Crippen MR) is 89.3 cm³/mol. The van der Waals surface area contributed by atoms with Crippen LogP contribution < -0.4 is 0 Å². The first-order valence-corrected chi connectivity index (χ1v) is 11.2. The van der Waals surface area contributed by atoms with E-state index < -0.39 is 8.07 Å². The lowest BCUT2D eigenvalue weighted by molar-refractivity contribution is 0.0899. The summed E-state index contributed by atoms with van der Waals surface area (Å²) in [4.78, 5) is 8.70. The van der Waals surface area contributed by atoms with E-state index in [1.54, 1.807) is 18.7 Å². The molecule has 0 saturated carbocycles. The van der Waals surface area contributed by atoms with Gasteiger partial charge in [-0.25, -0.2) is 9.97 Å². The molecule has 0 atom stereocenters. The number of oxazole rings is 1. The van der Waals surface area contributed by atoms with Crippen LogP contribution in [-0.2, 0) is 11.5 Å². The van der Waals surface area contributed by atoms with E-state index in [9.17, 15) is 0 Å². The molecule has 0 aliphatic carbocycles. The molecular formula is C16H21N3O2Si. The van der Waals surface area contributed by atoms with Crippen LogP contribution in [0.1, 0.15) is 0 Å². The van der Waals surface area contributed by atoms with Crippen LogP contribution in [0.25, 0.3) is 22.5 Å². The van der Waals surface area contributed by atoms with E-state index in [1.807, 2.05) is 22.9 Å². The molecular weight excluding hydrogens is 294 g/mol. The van der Waals surface area contributed by atoms with Crippen molar-refractivity contribution in [1.29, 1.82) is 0 Å². The van der Waals surface area contributed by atoms with Crippen molar-refractivity contribution in [2.24, 2.45) is 0 Å². The Morgan fingerprint density at radius 1 is 1.23 bits per heavy atom. The normalized spacial score (nSPS) is 12.1. The van der Waals surface area contributed by atoms with Gasteiger partial charge in [-0.3, -0.25) is 0 Å². The molecule has 3 aromatic heterocycles. The van der Waals surface area contributed by atoms with E-state index in [-0.39, 0.29) is 0 Å². The van der Waals surface area contributed by atoms with Gasteiger partial charge in [0.05, 0.1) is 11.8 Å². The van der Waals surface area contributed by atoms with Gasteiger partial charge in [0, 0.05) is 32.5 Å². The summed E-state index contributed by atoms with van der Waals surface area (Å²) in [5, 5.41) is 1.03. The molecule has 0 radical (unpaired) electrons. The zero-order valence-electron chi connectivity index (χ0n) is 13.2. The SMILES string of the molecule is C[Si](C)(C)CCOCn1cc(-c2ncco2)c2cccnc21. The molecule has 0 aliphatic rings. The highest BCUT2D eigenvalue weighted by Crippen LogP contribution is 2.28. The Labute approximate surface area is 131 Å². The summed E-state index contributed by atoms with van der Waals surface area (Å²) in [6.45, 7) is 8.34. The van der Waals surface area contributed by atoms with Crippen molar-refractivity contribution in [2.75, 3.05) is 6.61 Å². The van der Waals surface area contributed by atoms with Crippen LogP contribution >= 0.6 is 0 Å². The Hall–Kier alpha value is -1.92. The molecule has 0 N–H and O–H groups in total. The molecule has 0 saturated heterocycles. The molecule has 0 amide bonds. The third kappa shape index (κ3) is 3.28. The summed E-state index contributed by atoms with van der Waals surface area (Å²) >= 11 is 0. The van der Waals surface area contributed by atoms with Crippen molar-refractivity contribution >= 4 is 19.1 Å². The molecule has 116 valence electrons. The fraction of sp³-hybridized carbons (Fsp3) is 0.375. The van der Waals surface area contributed by atoms with Gasteiger partial charge in [0.25, 0.3) is 0 Å². The molecule has 0 aromatic carbocycles. The molecule has 3 aromatic rings. The van der Waals surface area contributed by atoms with Gasteiger partial charge in [-0.05, 0) is 18.2 Å². The van der Waals surface area contributed by atoms with Gasteiger partial charge in [-0.15, -0.1) is 0 Å². The van der Waals surface area contributed by atoms with E-state index >= 15 is 0 Å². The second-order valence-corrected chi connectivity index (χ2v) is 12.2. The average Bonchev–Trinajstić information content (AvgIpc) is 3.10. The number of nitrogens with zero attached hydrogens (tertiary/aromatic N) is 3. The Balaban J connectivity index is 1.81. The van der Waals surface area contributed by atoms with Crippen LogP contribution in [-0.4, -0.2) is 29.2 Å². The van der Waals surface area contributed by atoms with Gasteiger partial charge in [0.1, 0.15) is 18.6 Å². The molecule has 0 bridgehead atoms. The van der Waals surface area contributed by atoms with E-state index in [0.29, 0.717) is 12.6 Å². The summed E-state index contributed by atoms with van der Waals surface area (Å²) in [7, 11) is -1.06. The second-order valence-electron chi connectivity index (χ2n) is 6.57. The lowest BCUT2D eigenvalue weighted by atomic mass is 10.2. The maximum atomic E-state index is 5.84. The van der Waals surface area contributed by atoms with Gasteiger partial charge in [-0.1, -0.05) is 19.6 Å². The van der Waals surface area contributed by atoms with E-state index in [4.69, 9.17) is 9.15 Å². The number of pyridine rings is 1. The van der Waals surface area contributed by atoms with Crippen LogP contribution in [0.2, 0.25) is 25.7 Å². The molecule has 3 rings (SSSR count). The standard InChI is InChI=1S/C16H21N3O2Si/c1-22(2,3)10-9-20-12-19-11-14(16-18-7-8-21-16)13-5-4-6-17-15(13)19/h4-8,11H,9-10,12H2,1-3H3. The zero-order valence-corrected chi connectivity index (χ0v) is 14.2. The van der Waals surface area contributed by atoms with Gasteiger partial charge in [0.15, 0.2) is 0 Å². The molecule has 0 fully saturated rings. The van der Waals surface area contributed by atoms with Crippen molar-refractivity contribution in [2.45, 2.75) is 32.4 Å². The molecule has 0 aliphatic heterocycles. The van der Waals surface area contributed by atoms with Crippen molar-refractivity contribution < 1.29 is 9.15 Å². The van der Waals surface area contributed by atoms with Crippen LogP contribution in [0.15, 0.2) is 41.4 Å². The van der Waals surface area contributed by atoms with Gasteiger partial charge < -0.3 is 13.7 Å². The summed E-state index contributed by atoms with van der Waals surface area (Å²) < 4.78 is 13.3. The third-order valence-corrected chi connectivity index (χ3v) is 5.23. The summed E-state index contributed by atoms with van der Waals surface area (Å²) in [5.41, 5.74) is 1.84. The summed E-state index contributed by atoms with van der Waals surface area (Å²) in [6.07, 6.45) is 7.02. The van der Waals surface area contributed by atoms with Crippen molar-refractivity contribution in [3.8, 4) is 11.5 Å². The molecule has 5 nitrogen and oxygen atoms in total. The van der Waals surface area contributed by atoms with Gasteiger partial charge >= 0.3 is 0 Å². The third-order valence-electron chi connectivity index (χ3n) is 3.52. The Morgan fingerprint density at radius 3 is 2.82 bits per heavy atom. The maximum Gasteiger partial charge on any atom is 0.228 e. The van der Waals surface area contributed by atoms with Crippen molar-refractivity contribution in [3.05, 3.63) is 37.0 Å². The van der Waals surface area contributed by atoms with Crippen LogP contribution in [0.3, 0.4) is 0 Å². The fourth-order valence-electron chi connectivity index (χ4n) is 2.29. The van der Waals surface area contributed by atoms with Crippen LogP contribution in [0.4, 0.5) is 0 Å². The highest BCUT2D eigenvalue weighted by molar-refractivity contribution is 6.76. The number of aromatic nitrogens is 3. The Bertz CT molecular complexity index is 744. The average molecular weight is 315 g/mol. The smallest absolute Gasteiger partial charge is 0.228 e. The first-order chi connectivity index (χ1) is 10.5. The van der Waals surface area contributed by atoms with Crippen molar-refractivity contribution in [1.82, 2.24) is 14.5 Å². The number of rotatable bonds is 6.